The zero-order valence-electron chi connectivity index (χ0n) is 15.3. The Kier molecular flexibility index (Phi) is 5.40. The van der Waals surface area contributed by atoms with E-state index < -0.39 is 0 Å². The van der Waals surface area contributed by atoms with Crippen molar-refractivity contribution in [2.24, 2.45) is 0 Å². The molecule has 3 aromatic rings. The van der Waals surface area contributed by atoms with Crippen molar-refractivity contribution in [1.82, 2.24) is 9.97 Å². The van der Waals surface area contributed by atoms with Crippen molar-refractivity contribution in [2.45, 2.75) is 44.8 Å². The van der Waals surface area contributed by atoms with Gasteiger partial charge < -0.3 is 20.5 Å². The Balaban J connectivity index is 1.49. The molecule has 2 aromatic heterocycles. The van der Waals surface area contributed by atoms with Crippen LogP contribution in [-0.4, -0.2) is 33.8 Å². The number of benzene rings is 1. The molecule has 6 nitrogen and oxygen atoms in total. The zero-order chi connectivity index (χ0) is 18.6. The summed E-state index contributed by atoms with van der Waals surface area (Å²) in [5, 5.41) is 17.6. The molecule has 0 spiro atoms. The quantitative estimate of drug-likeness (QED) is 0.575. The van der Waals surface area contributed by atoms with Gasteiger partial charge in [-0.1, -0.05) is 24.2 Å². The Morgan fingerprint density at radius 3 is 2.89 bits per heavy atom. The van der Waals surface area contributed by atoms with Crippen LogP contribution in [0.1, 0.15) is 32.6 Å². The summed E-state index contributed by atoms with van der Waals surface area (Å²) in [6.07, 6.45) is 5.55. The molecular weight excluding hydrogens is 360 g/mol. The fraction of sp³-hybridized carbons (Fsp3) is 0.400. The van der Waals surface area contributed by atoms with E-state index in [1.807, 2.05) is 37.3 Å². The van der Waals surface area contributed by atoms with Crippen LogP contribution >= 0.6 is 11.3 Å². The van der Waals surface area contributed by atoms with Crippen molar-refractivity contribution < 1.29 is 9.84 Å². The lowest BCUT2D eigenvalue weighted by molar-refractivity contribution is 0.116. The molecule has 1 unspecified atom stereocenters. The number of aliphatic hydroxyl groups excluding tert-OH is 1. The van der Waals surface area contributed by atoms with Crippen molar-refractivity contribution in [3.05, 3.63) is 36.5 Å². The van der Waals surface area contributed by atoms with Crippen LogP contribution in [-0.2, 0) is 0 Å². The maximum absolute atomic E-state index is 10.2. The topological polar surface area (TPSA) is 79.3 Å². The van der Waals surface area contributed by atoms with Gasteiger partial charge in [0.25, 0.3) is 0 Å². The minimum Gasteiger partial charge on any atom is -0.457 e. The van der Waals surface area contributed by atoms with Gasteiger partial charge in [-0.2, -0.15) is 0 Å². The molecule has 7 heteroatoms. The lowest BCUT2D eigenvalue weighted by Crippen LogP contribution is -2.36. The predicted octanol–water partition coefficient (Wildman–Crippen LogP) is 4.63. The zero-order valence-corrected chi connectivity index (χ0v) is 16.1. The minimum atomic E-state index is -0.290. The van der Waals surface area contributed by atoms with Gasteiger partial charge in [0.15, 0.2) is 5.13 Å². The highest BCUT2D eigenvalue weighted by Crippen LogP contribution is 2.33. The van der Waals surface area contributed by atoms with Crippen LogP contribution in [0, 0.1) is 0 Å². The van der Waals surface area contributed by atoms with Gasteiger partial charge in [-0.25, -0.2) is 9.97 Å². The maximum atomic E-state index is 10.2. The summed E-state index contributed by atoms with van der Waals surface area (Å²) in [5.41, 5.74) is 0.934. The summed E-state index contributed by atoms with van der Waals surface area (Å²) < 4.78 is 7.04. The van der Waals surface area contributed by atoms with Gasteiger partial charge in [-0.05, 0) is 38.0 Å². The molecule has 0 saturated heterocycles. The Bertz CT molecular complexity index is 914. The predicted molar refractivity (Wildman–Crippen MR) is 110 cm³/mol. The molecule has 1 aromatic carbocycles. The first kappa shape index (κ1) is 18.0. The molecule has 1 fully saturated rings. The largest absolute Gasteiger partial charge is 0.457 e. The summed E-state index contributed by atoms with van der Waals surface area (Å²) in [7, 11) is 0. The lowest BCUT2D eigenvalue weighted by atomic mass is 9.93. The molecular formula is C20H24N4O2S. The van der Waals surface area contributed by atoms with Gasteiger partial charge in [0.05, 0.1) is 22.4 Å². The Morgan fingerprint density at radius 1 is 1.19 bits per heavy atom. The summed E-state index contributed by atoms with van der Waals surface area (Å²) >= 11 is 1.59. The van der Waals surface area contributed by atoms with Gasteiger partial charge in [0.1, 0.15) is 17.3 Å². The lowest BCUT2D eigenvalue weighted by Gasteiger charge is -2.27. The van der Waals surface area contributed by atoms with E-state index in [2.05, 4.69) is 20.6 Å². The van der Waals surface area contributed by atoms with E-state index in [0.29, 0.717) is 0 Å². The Morgan fingerprint density at radius 2 is 2.04 bits per heavy atom. The molecule has 2 heterocycles. The van der Waals surface area contributed by atoms with E-state index in [1.54, 1.807) is 17.5 Å². The first-order chi connectivity index (χ1) is 13.2. The van der Waals surface area contributed by atoms with E-state index >= 15 is 0 Å². The smallest absolute Gasteiger partial charge is 0.184 e. The molecule has 1 aliphatic carbocycles. The Hall–Kier alpha value is -2.38. The van der Waals surface area contributed by atoms with Crippen LogP contribution in [0.3, 0.4) is 0 Å². The maximum Gasteiger partial charge on any atom is 0.184 e. The fourth-order valence-corrected chi connectivity index (χ4v) is 4.31. The van der Waals surface area contributed by atoms with Crippen LogP contribution in [0.4, 0.5) is 10.9 Å². The molecule has 2 atom stereocenters. The average Bonchev–Trinajstić information content (AvgIpc) is 3.06. The van der Waals surface area contributed by atoms with Crippen LogP contribution < -0.4 is 15.4 Å². The average molecular weight is 385 g/mol. The van der Waals surface area contributed by atoms with Crippen molar-refractivity contribution in [3.8, 4) is 11.5 Å². The van der Waals surface area contributed by atoms with Crippen LogP contribution in [0.15, 0.2) is 36.5 Å². The summed E-state index contributed by atoms with van der Waals surface area (Å²) in [6.45, 7) is 2.85. The molecule has 0 bridgehead atoms. The monoisotopic (exact) mass is 384 g/mol. The fourth-order valence-electron chi connectivity index (χ4n) is 3.36. The number of aliphatic hydroxyl groups is 1. The molecule has 1 aliphatic rings. The molecule has 142 valence electrons. The SMILES string of the molecule is CCNc1cc(Oc2ccc3nc(N[C@@H]4CCCCC4O)sc3c2)ccn1. The van der Waals surface area contributed by atoms with E-state index in [4.69, 9.17) is 4.74 Å². The Labute approximate surface area is 162 Å². The second-order valence-electron chi connectivity index (χ2n) is 6.76. The molecule has 1 saturated carbocycles. The third kappa shape index (κ3) is 4.31. The summed E-state index contributed by atoms with van der Waals surface area (Å²) in [6, 6.07) is 9.72. The number of nitrogens with zero attached hydrogens (tertiary/aromatic N) is 2. The number of aromatic nitrogens is 2. The summed E-state index contributed by atoms with van der Waals surface area (Å²) in [5.74, 6) is 2.31. The number of hydrogen-bond donors (Lipinski definition) is 3. The van der Waals surface area contributed by atoms with Gasteiger partial charge in [0.2, 0.25) is 0 Å². The van der Waals surface area contributed by atoms with Gasteiger partial charge in [-0.15, -0.1) is 0 Å². The third-order valence-corrected chi connectivity index (χ3v) is 5.67. The van der Waals surface area contributed by atoms with Crippen molar-refractivity contribution in [1.29, 1.82) is 0 Å². The standard InChI is InChI=1S/C20H24N4O2S/c1-2-21-19-12-14(9-10-22-19)26-13-7-8-16-18(11-13)27-20(24-16)23-15-5-3-4-6-17(15)25/h7-12,15,17,25H,2-6H2,1H3,(H,21,22)(H,23,24)/t15-,17?/m1/s1. The minimum absolute atomic E-state index is 0.0938. The number of nitrogens with one attached hydrogen (secondary N) is 2. The van der Waals surface area contributed by atoms with Crippen LogP contribution in [0.25, 0.3) is 10.2 Å². The van der Waals surface area contributed by atoms with Crippen LogP contribution in [0.5, 0.6) is 11.5 Å². The highest BCUT2D eigenvalue weighted by Gasteiger charge is 2.23. The number of pyridine rings is 1. The molecule has 3 N–H and O–H groups in total. The molecule has 0 aliphatic heterocycles. The highest BCUT2D eigenvalue weighted by atomic mass is 32.1. The van der Waals surface area contributed by atoms with E-state index in [-0.39, 0.29) is 12.1 Å². The van der Waals surface area contributed by atoms with Crippen molar-refractivity contribution in [3.63, 3.8) is 0 Å². The van der Waals surface area contributed by atoms with Gasteiger partial charge in [-0.3, -0.25) is 0 Å². The number of hydrogen-bond acceptors (Lipinski definition) is 7. The highest BCUT2D eigenvalue weighted by molar-refractivity contribution is 7.22. The van der Waals surface area contributed by atoms with Crippen molar-refractivity contribution >= 4 is 32.5 Å². The van der Waals surface area contributed by atoms with Crippen LogP contribution in [0.2, 0.25) is 0 Å². The molecule has 27 heavy (non-hydrogen) atoms. The summed E-state index contributed by atoms with van der Waals surface area (Å²) in [4.78, 5) is 8.91. The molecule has 0 amide bonds. The normalized spacial score (nSPS) is 19.8. The van der Waals surface area contributed by atoms with Crippen molar-refractivity contribution in [2.75, 3.05) is 17.2 Å². The van der Waals surface area contributed by atoms with Gasteiger partial charge >= 0.3 is 0 Å². The molecule has 4 rings (SSSR count). The second kappa shape index (κ2) is 8.10. The van der Waals surface area contributed by atoms with E-state index in [1.165, 1.54) is 0 Å². The van der Waals surface area contributed by atoms with E-state index in [9.17, 15) is 5.11 Å². The first-order valence-corrected chi connectivity index (χ1v) is 10.3. The number of rotatable bonds is 6. The van der Waals surface area contributed by atoms with E-state index in [0.717, 1.165) is 64.9 Å². The first-order valence-electron chi connectivity index (χ1n) is 9.44. The number of anilines is 2. The second-order valence-corrected chi connectivity index (χ2v) is 7.79. The number of ether oxygens (including phenoxy) is 1. The van der Waals surface area contributed by atoms with Gasteiger partial charge in [0, 0.05) is 24.9 Å². The number of thiazole rings is 1. The molecule has 0 radical (unpaired) electrons. The number of fused-ring (bicyclic) bond motifs is 1. The third-order valence-electron chi connectivity index (χ3n) is 4.72.